The maximum absolute atomic E-state index is 13.0. The molecule has 7 heteroatoms. The first-order valence-electron chi connectivity index (χ1n) is 22.0. The van der Waals surface area contributed by atoms with E-state index in [1.165, 1.54) is 128 Å². The molecular weight excluding hydrogens is 649 g/mol. The number of rotatable bonds is 41. The molecule has 1 amide bonds. The topological polar surface area (TPSA) is 98.2 Å². The number of carboxylic acids is 2. The molecule has 0 aliphatic heterocycles. The van der Waals surface area contributed by atoms with Crippen molar-refractivity contribution in [3.05, 3.63) is 24.3 Å². The van der Waals surface area contributed by atoms with E-state index in [9.17, 15) is 14.4 Å². The molecule has 0 saturated carbocycles. The summed E-state index contributed by atoms with van der Waals surface area (Å²) in [4.78, 5) is 38.3. The number of nitrogens with zero attached hydrogens (tertiary/aromatic N) is 2. The third-order valence-corrected chi connectivity index (χ3v) is 10.1. The monoisotopic (exact) mass is 733 g/mol. The van der Waals surface area contributed by atoms with Crippen molar-refractivity contribution in [1.82, 2.24) is 9.80 Å². The first-order chi connectivity index (χ1) is 25.3. The highest BCUT2D eigenvalue weighted by atomic mass is 16.4. The van der Waals surface area contributed by atoms with Gasteiger partial charge in [-0.25, -0.2) is 0 Å². The van der Waals surface area contributed by atoms with Gasteiger partial charge in [-0.2, -0.15) is 0 Å². The number of hydrogen-bond acceptors (Lipinski definition) is 4. The van der Waals surface area contributed by atoms with Crippen LogP contribution in [0, 0.1) is 0 Å². The Bertz CT molecular complexity index is 814. The number of unbranched alkanes of at least 4 members (excludes halogenated alkanes) is 26. The van der Waals surface area contributed by atoms with Gasteiger partial charge in [-0.3, -0.25) is 14.4 Å². The molecule has 0 aromatic rings. The van der Waals surface area contributed by atoms with Crippen LogP contribution in [0.3, 0.4) is 0 Å². The average Bonchev–Trinajstić information content (AvgIpc) is 3.11. The SMILES string of the molecule is CN(C)CCC(=O)N(CCCCCCCCCCC=CCCCCCCCC(=O)O)CCCCCCCCCCC=CCCCCCCCC(=O)O. The van der Waals surface area contributed by atoms with Crippen LogP contribution in [0.25, 0.3) is 0 Å². The summed E-state index contributed by atoms with van der Waals surface area (Å²) in [6, 6.07) is 0. The van der Waals surface area contributed by atoms with Crippen LogP contribution in [0.5, 0.6) is 0 Å². The molecule has 0 rings (SSSR count). The predicted octanol–water partition coefficient (Wildman–Crippen LogP) is 12.5. The van der Waals surface area contributed by atoms with E-state index in [4.69, 9.17) is 10.2 Å². The summed E-state index contributed by atoms with van der Waals surface area (Å²) in [5, 5.41) is 17.3. The molecule has 0 spiro atoms. The van der Waals surface area contributed by atoms with E-state index in [2.05, 4.69) is 34.1 Å². The van der Waals surface area contributed by atoms with E-state index in [-0.39, 0.29) is 0 Å². The van der Waals surface area contributed by atoms with Gasteiger partial charge in [-0.05, 0) is 91.1 Å². The summed E-state index contributed by atoms with van der Waals surface area (Å²) < 4.78 is 0. The van der Waals surface area contributed by atoms with Crippen LogP contribution in [-0.2, 0) is 14.4 Å². The van der Waals surface area contributed by atoms with Gasteiger partial charge in [-0.1, -0.05) is 140 Å². The number of carboxylic acid groups (broad SMARTS) is 2. The largest absolute Gasteiger partial charge is 0.481 e. The quantitative estimate of drug-likeness (QED) is 0.0480. The van der Waals surface area contributed by atoms with Crippen LogP contribution < -0.4 is 0 Å². The molecule has 2 N–H and O–H groups in total. The minimum atomic E-state index is -0.676. The fraction of sp³-hybridized carbons (Fsp3) is 0.844. The second-order valence-corrected chi connectivity index (χ2v) is 15.5. The molecule has 7 nitrogen and oxygen atoms in total. The van der Waals surface area contributed by atoms with Gasteiger partial charge in [0.2, 0.25) is 5.91 Å². The number of hydrogen-bond donors (Lipinski definition) is 2. The third kappa shape index (κ3) is 40.6. The highest BCUT2D eigenvalue weighted by Gasteiger charge is 2.13. The van der Waals surface area contributed by atoms with E-state index in [1.807, 2.05) is 14.1 Å². The van der Waals surface area contributed by atoms with Gasteiger partial charge >= 0.3 is 11.9 Å². The van der Waals surface area contributed by atoms with Gasteiger partial charge in [0, 0.05) is 38.9 Å². The maximum Gasteiger partial charge on any atom is 0.303 e. The Balaban J connectivity index is 3.77. The van der Waals surface area contributed by atoms with Crippen molar-refractivity contribution < 1.29 is 24.6 Å². The Labute approximate surface area is 321 Å². The Kier molecular flexibility index (Phi) is 38.4. The van der Waals surface area contributed by atoms with Crippen molar-refractivity contribution in [2.45, 2.75) is 212 Å². The molecule has 0 aromatic heterocycles. The van der Waals surface area contributed by atoms with Gasteiger partial charge in [0.1, 0.15) is 0 Å². The van der Waals surface area contributed by atoms with Crippen LogP contribution in [0.4, 0.5) is 0 Å². The molecule has 0 atom stereocenters. The summed E-state index contributed by atoms with van der Waals surface area (Å²) in [6.07, 6.45) is 46.6. The molecule has 304 valence electrons. The van der Waals surface area contributed by atoms with Gasteiger partial charge in [0.25, 0.3) is 0 Å². The lowest BCUT2D eigenvalue weighted by atomic mass is 10.1. The molecule has 0 heterocycles. The number of carbonyl (C=O) groups is 3. The van der Waals surface area contributed by atoms with Crippen molar-refractivity contribution in [1.29, 1.82) is 0 Å². The molecule has 0 aliphatic carbocycles. The molecular formula is C45H84N2O5. The summed E-state index contributed by atoms with van der Waals surface area (Å²) in [6.45, 7) is 2.68. The molecule has 0 aliphatic rings. The van der Waals surface area contributed by atoms with Crippen molar-refractivity contribution in [2.75, 3.05) is 33.7 Å². The van der Waals surface area contributed by atoms with E-state index >= 15 is 0 Å². The molecule has 0 aromatic carbocycles. The highest BCUT2D eigenvalue weighted by Crippen LogP contribution is 2.14. The fourth-order valence-electron chi connectivity index (χ4n) is 6.70. The van der Waals surface area contributed by atoms with Crippen LogP contribution in [-0.4, -0.2) is 71.6 Å². The zero-order valence-electron chi connectivity index (χ0n) is 34.3. The lowest BCUT2D eigenvalue weighted by Crippen LogP contribution is -2.34. The van der Waals surface area contributed by atoms with Gasteiger partial charge in [0.15, 0.2) is 0 Å². The highest BCUT2D eigenvalue weighted by molar-refractivity contribution is 5.76. The number of aliphatic carboxylic acids is 2. The summed E-state index contributed by atoms with van der Waals surface area (Å²) >= 11 is 0. The minimum Gasteiger partial charge on any atom is -0.481 e. The summed E-state index contributed by atoms with van der Waals surface area (Å²) in [7, 11) is 4.09. The van der Waals surface area contributed by atoms with Gasteiger partial charge in [-0.15, -0.1) is 0 Å². The normalized spacial score (nSPS) is 11.8. The smallest absolute Gasteiger partial charge is 0.303 e. The fourth-order valence-corrected chi connectivity index (χ4v) is 6.70. The zero-order valence-corrected chi connectivity index (χ0v) is 34.3. The summed E-state index contributed by atoms with van der Waals surface area (Å²) in [5.74, 6) is -1.02. The molecule has 0 fully saturated rings. The second kappa shape index (κ2) is 40.0. The van der Waals surface area contributed by atoms with Crippen LogP contribution >= 0.6 is 0 Å². The zero-order chi connectivity index (χ0) is 38.2. The van der Waals surface area contributed by atoms with Crippen LogP contribution in [0.2, 0.25) is 0 Å². The molecule has 0 bridgehead atoms. The average molecular weight is 733 g/mol. The van der Waals surface area contributed by atoms with Crippen molar-refractivity contribution in [3.8, 4) is 0 Å². The van der Waals surface area contributed by atoms with Crippen molar-refractivity contribution >= 4 is 17.8 Å². The molecule has 52 heavy (non-hydrogen) atoms. The minimum absolute atomic E-state index is 0.311. The molecule has 0 unspecified atom stereocenters. The third-order valence-electron chi connectivity index (χ3n) is 10.1. The van der Waals surface area contributed by atoms with Crippen molar-refractivity contribution in [2.24, 2.45) is 0 Å². The Morgan fingerprint density at radius 1 is 0.365 bits per heavy atom. The van der Waals surface area contributed by atoms with E-state index in [0.29, 0.717) is 25.2 Å². The number of allylic oxidation sites excluding steroid dienone is 4. The number of carbonyl (C=O) groups excluding carboxylic acids is 1. The van der Waals surface area contributed by atoms with Crippen LogP contribution in [0.1, 0.15) is 212 Å². The van der Waals surface area contributed by atoms with Crippen LogP contribution in [0.15, 0.2) is 24.3 Å². The van der Waals surface area contributed by atoms with Gasteiger partial charge in [0.05, 0.1) is 0 Å². The van der Waals surface area contributed by atoms with Crippen molar-refractivity contribution in [3.63, 3.8) is 0 Å². The van der Waals surface area contributed by atoms with E-state index < -0.39 is 11.9 Å². The Morgan fingerprint density at radius 3 is 0.923 bits per heavy atom. The predicted molar refractivity (Wildman–Crippen MR) is 221 cm³/mol. The molecule has 0 radical (unpaired) electrons. The van der Waals surface area contributed by atoms with E-state index in [1.54, 1.807) is 0 Å². The maximum atomic E-state index is 13.0. The first kappa shape index (κ1) is 49.9. The number of amides is 1. The second-order valence-electron chi connectivity index (χ2n) is 15.5. The lowest BCUT2D eigenvalue weighted by Gasteiger charge is -2.24. The first-order valence-corrected chi connectivity index (χ1v) is 22.0. The summed E-state index contributed by atoms with van der Waals surface area (Å²) in [5.41, 5.74) is 0. The Morgan fingerprint density at radius 2 is 0.635 bits per heavy atom. The molecule has 0 saturated heterocycles. The lowest BCUT2D eigenvalue weighted by molar-refractivity contribution is -0.138. The van der Waals surface area contributed by atoms with Gasteiger partial charge < -0.3 is 20.0 Å². The standard InChI is InChI=1S/C45H84N2O5/c1-46(2)42-39-43(48)47(40-35-31-27-23-19-15-11-7-3-5-9-13-17-21-25-29-33-37-44(49)50)41-36-32-28-24-20-16-12-8-4-6-10-14-18-22-26-30-34-38-45(51)52/h5-6,9-10H,3-4,7-8,11-42H2,1-2H3,(H,49,50)(H,51,52). The Hall–Kier alpha value is -2.15. The van der Waals surface area contributed by atoms with E-state index in [0.717, 1.165) is 83.8 Å².